The molecule has 0 saturated heterocycles. The minimum absolute atomic E-state index is 0.0543. The molecule has 11 heteroatoms. The molecule has 0 aromatic heterocycles. The van der Waals surface area contributed by atoms with Crippen LogP contribution in [0.3, 0.4) is 0 Å². The fourth-order valence-corrected chi connectivity index (χ4v) is 2.79. The first-order valence-corrected chi connectivity index (χ1v) is 9.85. The number of amides is 3. The van der Waals surface area contributed by atoms with Crippen molar-refractivity contribution in [3.05, 3.63) is 69.7 Å². The number of benzene rings is 2. The van der Waals surface area contributed by atoms with Gasteiger partial charge in [-0.1, -0.05) is 34.1 Å². The zero-order valence-electron chi connectivity index (χ0n) is 16.1. The van der Waals surface area contributed by atoms with Crippen molar-refractivity contribution in [2.45, 2.75) is 18.8 Å². The fourth-order valence-electron chi connectivity index (χ4n) is 2.53. The van der Waals surface area contributed by atoms with Gasteiger partial charge in [-0.2, -0.15) is 13.2 Å². The van der Waals surface area contributed by atoms with Crippen molar-refractivity contribution in [2.24, 2.45) is 5.73 Å². The standard InChI is InChI=1S/C20H20BrF3N4O3/c21-15-6-4-12(5-7-15)9-26-10-16(18(25)30)28-17(29)11-27-19(31)13-2-1-3-14(8-13)20(22,23)24/h1-8,16,26H,9-11H2,(H2,25,30)(H,27,31)(H,28,29)/t16-/m0/s1. The molecule has 0 spiro atoms. The van der Waals surface area contributed by atoms with Crippen LogP contribution in [0.2, 0.25) is 0 Å². The average Bonchev–Trinajstić information content (AvgIpc) is 2.72. The van der Waals surface area contributed by atoms with Crippen molar-refractivity contribution in [1.29, 1.82) is 0 Å². The van der Waals surface area contributed by atoms with Crippen LogP contribution < -0.4 is 21.7 Å². The molecule has 0 aliphatic rings. The van der Waals surface area contributed by atoms with E-state index in [9.17, 15) is 27.6 Å². The summed E-state index contributed by atoms with van der Waals surface area (Å²) >= 11 is 3.33. The van der Waals surface area contributed by atoms with Crippen LogP contribution in [0.1, 0.15) is 21.5 Å². The molecule has 5 N–H and O–H groups in total. The number of nitrogens with two attached hydrogens (primary N) is 1. The van der Waals surface area contributed by atoms with Gasteiger partial charge in [-0.15, -0.1) is 0 Å². The van der Waals surface area contributed by atoms with Crippen LogP contribution in [0.4, 0.5) is 13.2 Å². The lowest BCUT2D eigenvalue weighted by molar-refractivity contribution is -0.137. The molecule has 0 fully saturated rings. The van der Waals surface area contributed by atoms with Gasteiger partial charge < -0.3 is 21.7 Å². The Bertz CT molecular complexity index is 936. The molecule has 0 bridgehead atoms. The molecule has 0 radical (unpaired) electrons. The second-order valence-corrected chi connectivity index (χ2v) is 7.46. The van der Waals surface area contributed by atoms with Crippen molar-refractivity contribution in [3.63, 3.8) is 0 Å². The second-order valence-electron chi connectivity index (χ2n) is 6.54. The highest BCUT2D eigenvalue weighted by Crippen LogP contribution is 2.29. The van der Waals surface area contributed by atoms with Gasteiger partial charge in [-0.3, -0.25) is 14.4 Å². The van der Waals surface area contributed by atoms with Gasteiger partial charge in [0.15, 0.2) is 0 Å². The molecule has 1 atom stereocenters. The molecule has 7 nitrogen and oxygen atoms in total. The van der Waals surface area contributed by atoms with E-state index < -0.39 is 42.0 Å². The van der Waals surface area contributed by atoms with Gasteiger partial charge in [0.25, 0.3) is 5.91 Å². The Hall–Kier alpha value is -2.92. The SMILES string of the molecule is NC(=O)[C@H](CNCc1ccc(Br)cc1)NC(=O)CNC(=O)c1cccc(C(F)(F)F)c1. The second kappa shape index (κ2) is 10.9. The van der Waals surface area contributed by atoms with Gasteiger partial charge in [0.05, 0.1) is 12.1 Å². The Morgan fingerprint density at radius 3 is 2.35 bits per heavy atom. The molecule has 0 unspecified atom stereocenters. The van der Waals surface area contributed by atoms with Crippen LogP contribution in [-0.2, 0) is 22.3 Å². The Labute approximate surface area is 184 Å². The molecule has 31 heavy (non-hydrogen) atoms. The number of nitrogens with one attached hydrogen (secondary N) is 3. The quantitative estimate of drug-likeness (QED) is 0.421. The van der Waals surface area contributed by atoms with E-state index in [-0.39, 0.29) is 12.1 Å². The summed E-state index contributed by atoms with van der Waals surface area (Å²) in [7, 11) is 0. The Morgan fingerprint density at radius 1 is 1.06 bits per heavy atom. The maximum absolute atomic E-state index is 12.7. The van der Waals surface area contributed by atoms with Crippen molar-refractivity contribution < 1.29 is 27.6 Å². The van der Waals surface area contributed by atoms with E-state index in [2.05, 4.69) is 31.9 Å². The summed E-state index contributed by atoms with van der Waals surface area (Å²) in [5, 5.41) is 7.58. The molecule has 0 aliphatic heterocycles. The predicted molar refractivity (Wildman–Crippen MR) is 111 cm³/mol. The first kappa shape index (κ1) is 24.4. The highest BCUT2D eigenvalue weighted by molar-refractivity contribution is 9.10. The number of hydrogen-bond acceptors (Lipinski definition) is 4. The molecular weight excluding hydrogens is 481 g/mol. The minimum Gasteiger partial charge on any atom is -0.368 e. The third kappa shape index (κ3) is 8.02. The first-order valence-electron chi connectivity index (χ1n) is 9.05. The molecule has 2 aromatic carbocycles. The smallest absolute Gasteiger partial charge is 0.368 e. The molecular formula is C20H20BrF3N4O3. The van der Waals surface area contributed by atoms with Gasteiger partial charge in [-0.25, -0.2) is 0 Å². The van der Waals surface area contributed by atoms with Crippen LogP contribution in [0, 0.1) is 0 Å². The van der Waals surface area contributed by atoms with Crippen LogP contribution in [0.15, 0.2) is 53.0 Å². The lowest BCUT2D eigenvalue weighted by atomic mass is 10.1. The van der Waals surface area contributed by atoms with Crippen molar-refractivity contribution in [3.8, 4) is 0 Å². The van der Waals surface area contributed by atoms with Crippen molar-refractivity contribution in [1.82, 2.24) is 16.0 Å². The summed E-state index contributed by atoms with van der Waals surface area (Å²) in [6.07, 6.45) is -4.59. The maximum atomic E-state index is 12.7. The minimum atomic E-state index is -4.59. The highest BCUT2D eigenvalue weighted by Gasteiger charge is 2.31. The van der Waals surface area contributed by atoms with Crippen molar-refractivity contribution in [2.75, 3.05) is 13.1 Å². The topological polar surface area (TPSA) is 113 Å². The molecule has 0 heterocycles. The molecule has 2 rings (SSSR count). The van der Waals surface area contributed by atoms with Crippen LogP contribution in [0.25, 0.3) is 0 Å². The lowest BCUT2D eigenvalue weighted by Gasteiger charge is -2.17. The molecule has 2 aromatic rings. The molecule has 3 amide bonds. The summed E-state index contributed by atoms with van der Waals surface area (Å²) in [6.45, 7) is -0.0521. The van der Waals surface area contributed by atoms with Gasteiger partial charge in [-0.05, 0) is 35.9 Å². The molecule has 0 aliphatic carbocycles. The Morgan fingerprint density at radius 2 is 1.74 bits per heavy atom. The third-order valence-corrected chi connectivity index (χ3v) is 4.66. The number of rotatable bonds is 9. The normalized spacial score (nSPS) is 12.1. The fraction of sp³-hybridized carbons (Fsp3) is 0.250. The Kier molecular flexibility index (Phi) is 8.57. The summed E-state index contributed by atoms with van der Waals surface area (Å²) in [4.78, 5) is 35.7. The van der Waals surface area contributed by atoms with E-state index in [1.54, 1.807) is 0 Å². The number of hydrogen-bond donors (Lipinski definition) is 4. The molecule has 166 valence electrons. The number of halogens is 4. The van der Waals surface area contributed by atoms with E-state index in [0.717, 1.165) is 22.2 Å². The maximum Gasteiger partial charge on any atom is 0.416 e. The van der Waals surface area contributed by atoms with Gasteiger partial charge >= 0.3 is 6.18 Å². The third-order valence-electron chi connectivity index (χ3n) is 4.13. The average molecular weight is 501 g/mol. The zero-order chi connectivity index (χ0) is 23.0. The van der Waals surface area contributed by atoms with Crippen LogP contribution in [0.5, 0.6) is 0 Å². The monoisotopic (exact) mass is 500 g/mol. The van der Waals surface area contributed by atoms with E-state index in [4.69, 9.17) is 5.73 Å². The zero-order valence-corrected chi connectivity index (χ0v) is 17.7. The van der Waals surface area contributed by atoms with Gasteiger partial charge in [0, 0.05) is 23.1 Å². The van der Waals surface area contributed by atoms with Crippen molar-refractivity contribution >= 4 is 33.7 Å². The van der Waals surface area contributed by atoms with E-state index >= 15 is 0 Å². The number of alkyl halides is 3. The number of carbonyl (C=O) groups excluding carboxylic acids is 3. The van der Waals surface area contributed by atoms with E-state index in [0.29, 0.717) is 12.6 Å². The van der Waals surface area contributed by atoms with Crippen LogP contribution >= 0.6 is 15.9 Å². The lowest BCUT2D eigenvalue weighted by Crippen LogP contribution is -2.52. The predicted octanol–water partition coefficient (Wildman–Crippen LogP) is 1.96. The summed E-state index contributed by atoms with van der Waals surface area (Å²) in [5.41, 5.74) is 5.02. The van der Waals surface area contributed by atoms with E-state index in [1.807, 2.05) is 24.3 Å². The van der Waals surface area contributed by atoms with E-state index in [1.165, 1.54) is 6.07 Å². The van der Waals surface area contributed by atoms with Gasteiger partial charge in [0.2, 0.25) is 11.8 Å². The summed E-state index contributed by atoms with van der Waals surface area (Å²) in [6, 6.07) is 10.2. The highest BCUT2D eigenvalue weighted by atomic mass is 79.9. The summed E-state index contributed by atoms with van der Waals surface area (Å²) in [5.74, 6) is -2.35. The number of carbonyl (C=O) groups is 3. The molecule has 0 saturated carbocycles. The largest absolute Gasteiger partial charge is 0.416 e. The summed E-state index contributed by atoms with van der Waals surface area (Å²) < 4.78 is 39.2. The number of primary amides is 1. The first-order chi connectivity index (χ1) is 14.6. The van der Waals surface area contributed by atoms with Crippen LogP contribution in [-0.4, -0.2) is 36.9 Å². The Balaban J connectivity index is 1.84. The van der Waals surface area contributed by atoms with Gasteiger partial charge in [0.1, 0.15) is 6.04 Å².